The minimum atomic E-state index is -0.200. The van der Waals surface area contributed by atoms with Crippen LogP contribution in [-0.2, 0) is 13.1 Å². The minimum absolute atomic E-state index is 0.200. The number of aryl methyl sites for hydroxylation is 2. The van der Waals surface area contributed by atoms with Crippen LogP contribution in [0.15, 0.2) is 30.5 Å². The molecule has 96 valence electrons. The Bertz CT molecular complexity index is 520. The van der Waals surface area contributed by atoms with Crippen molar-refractivity contribution in [3.05, 3.63) is 47.5 Å². The molecule has 0 unspecified atom stereocenters. The summed E-state index contributed by atoms with van der Waals surface area (Å²) in [6.45, 7) is 5.65. The van der Waals surface area contributed by atoms with E-state index in [-0.39, 0.29) is 5.82 Å². The van der Waals surface area contributed by atoms with E-state index in [4.69, 9.17) is 0 Å². The standard InChI is InChI=1S/C14H18FN3/c1-3-8-18-13(6-7-17-18)10-16-14-5-4-12(15)9-11(14)2/h4-7,9,16H,3,8,10H2,1-2H3. The van der Waals surface area contributed by atoms with E-state index >= 15 is 0 Å². The molecule has 0 aliphatic carbocycles. The first kappa shape index (κ1) is 12.6. The van der Waals surface area contributed by atoms with Gasteiger partial charge in [0.05, 0.1) is 12.2 Å². The monoisotopic (exact) mass is 247 g/mol. The summed E-state index contributed by atoms with van der Waals surface area (Å²) in [5.41, 5.74) is 3.01. The van der Waals surface area contributed by atoms with Gasteiger partial charge in [0.2, 0.25) is 0 Å². The van der Waals surface area contributed by atoms with E-state index in [1.807, 2.05) is 23.9 Å². The van der Waals surface area contributed by atoms with Gasteiger partial charge in [0, 0.05) is 18.4 Å². The van der Waals surface area contributed by atoms with Gasteiger partial charge in [-0.05, 0) is 43.2 Å². The smallest absolute Gasteiger partial charge is 0.123 e. The summed E-state index contributed by atoms with van der Waals surface area (Å²) < 4.78 is 15.0. The summed E-state index contributed by atoms with van der Waals surface area (Å²) in [5.74, 6) is -0.200. The van der Waals surface area contributed by atoms with Crippen molar-refractivity contribution < 1.29 is 4.39 Å². The molecule has 1 aromatic carbocycles. The quantitative estimate of drug-likeness (QED) is 0.878. The van der Waals surface area contributed by atoms with Gasteiger partial charge in [-0.2, -0.15) is 5.10 Å². The number of benzene rings is 1. The molecule has 0 saturated carbocycles. The van der Waals surface area contributed by atoms with Crippen LogP contribution in [0.25, 0.3) is 0 Å². The predicted molar refractivity (Wildman–Crippen MR) is 71.0 cm³/mol. The van der Waals surface area contributed by atoms with Crippen molar-refractivity contribution in [2.24, 2.45) is 0 Å². The average Bonchev–Trinajstić information content (AvgIpc) is 2.76. The molecule has 18 heavy (non-hydrogen) atoms. The lowest BCUT2D eigenvalue weighted by Crippen LogP contribution is -2.09. The first-order chi connectivity index (χ1) is 8.70. The Balaban J connectivity index is 2.04. The highest BCUT2D eigenvalue weighted by Gasteiger charge is 2.03. The Kier molecular flexibility index (Phi) is 3.97. The highest BCUT2D eigenvalue weighted by molar-refractivity contribution is 5.50. The normalized spacial score (nSPS) is 10.6. The summed E-state index contributed by atoms with van der Waals surface area (Å²) in [5, 5.41) is 7.59. The maximum atomic E-state index is 13.0. The number of halogens is 1. The van der Waals surface area contributed by atoms with Crippen LogP contribution in [0, 0.1) is 12.7 Å². The van der Waals surface area contributed by atoms with Gasteiger partial charge in [0.25, 0.3) is 0 Å². The molecule has 0 saturated heterocycles. The van der Waals surface area contributed by atoms with Crippen molar-refractivity contribution in [3.63, 3.8) is 0 Å². The third kappa shape index (κ3) is 2.88. The Morgan fingerprint density at radius 1 is 1.33 bits per heavy atom. The van der Waals surface area contributed by atoms with Crippen molar-refractivity contribution in [2.45, 2.75) is 33.4 Å². The average molecular weight is 247 g/mol. The molecule has 0 radical (unpaired) electrons. The highest BCUT2D eigenvalue weighted by atomic mass is 19.1. The maximum Gasteiger partial charge on any atom is 0.123 e. The molecular weight excluding hydrogens is 229 g/mol. The fraction of sp³-hybridized carbons (Fsp3) is 0.357. The number of nitrogens with one attached hydrogen (secondary N) is 1. The van der Waals surface area contributed by atoms with Crippen molar-refractivity contribution in [1.29, 1.82) is 0 Å². The summed E-state index contributed by atoms with van der Waals surface area (Å²) in [7, 11) is 0. The van der Waals surface area contributed by atoms with E-state index in [9.17, 15) is 4.39 Å². The molecule has 1 heterocycles. The Morgan fingerprint density at radius 3 is 2.89 bits per heavy atom. The molecule has 0 atom stereocenters. The SMILES string of the molecule is CCCn1nccc1CNc1ccc(F)cc1C. The van der Waals surface area contributed by atoms with Gasteiger partial charge < -0.3 is 5.32 Å². The third-order valence-corrected chi connectivity index (χ3v) is 2.89. The van der Waals surface area contributed by atoms with Gasteiger partial charge in [-0.1, -0.05) is 6.92 Å². The molecular formula is C14H18FN3. The predicted octanol–water partition coefficient (Wildman–Crippen LogP) is 3.35. The fourth-order valence-electron chi connectivity index (χ4n) is 1.93. The first-order valence-electron chi connectivity index (χ1n) is 6.21. The molecule has 1 aromatic heterocycles. The molecule has 2 aromatic rings. The van der Waals surface area contributed by atoms with Crippen LogP contribution in [0.5, 0.6) is 0 Å². The topological polar surface area (TPSA) is 29.9 Å². The second-order valence-corrected chi connectivity index (χ2v) is 4.36. The van der Waals surface area contributed by atoms with Crippen LogP contribution in [0.1, 0.15) is 24.6 Å². The van der Waals surface area contributed by atoms with Crippen molar-refractivity contribution in [1.82, 2.24) is 9.78 Å². The van der Waals surface area contributed by atoms with E-state index in [0.29, 0.717) is 6.54 Å². The summed E-state index contributed by atoms with van der Waals surface area (Å²) in [4.78, 5) is 0. The lowest BCUT2D eigenvalue weighted by Gasteiger charge is -2.11. The fourth-order valence-corrected chi connectivity index (χ4v) is 1.93. The molecule has 0 amide bonds. The minimum Gasteiger partial charge on any atom is -0.379 e. The molecule has 0 aliphatic rings. The Hall–Kier alpha value is -1.84. The van der Waals surface area contributed by atoms with Crippen LogP contribution < -0.4 is 5.32 Å². The van der Waals surface area contributed by atoms with E-state index < -0.39 is 0 Å². The van der Waals surface area contributed by atoms with Crippen LogP contribution in [-0.4, -0.2) is 9.78 Å². The third-order valence-electron chi connectivity index (χ3n) is 2.89. The number of hydrogen-bond acceptors (Lipinski definition) is 2. The molecule has 0 bridgehead atoms. The second-order valence-electron chi connectivity index (χ2n) is 4.36. The molecule has 0 aliphatic heterocycles. The Morgan fingerprint density at radius 2 is 2.17 bits per heavy atom. The van der Waals surface area contributed by atoms with Gasteiger partial charge in [0.15, 0.2) is 0 Å². The molecule has 0 fully saturated rings. The molecule has 0 spiro atoms. The van der Waals surface area contributed by atoms with Crippen LogP contribution >= 0.6 is 0 Å². The Labute approximate surface area is 107 Å². The van der Waals surface area contributed by atoms with Crippen molar-refractivity contribution in [3.8, 4) is 0 Å². The lowest BCUT2D eigenvalue weighted by atomic mass is 10.2. The zero-order valence-corrected chi connectivity index (χ0v) is 10.8. The lowest BCUT2D eigenvalue weighted by molar-refractivity contribution is 0.578. The number of rotatable bonds is 5. The van der Waals surface area contributed by atoms with E-state index in [0.717, 1.165) is 29.9 Å². The molecule has 3 nitrogen and oxygen atoms in total. The summed E-state index contributed by atoms with van der Waals surface area (Å²) >= 11 is 0. The van der Waals surface area contributed by atoms with E-state index in [2.05, 4.69) is 17.3 Å². The van der Waals surface area contributed by atoms with Gasteiger partial charge in [-0.3, -0.25) is 4.68 Å². The van der Waals surface area contributed by atoms with Crippen LogP contribution in [0.4, 0.5) is 10.1 Å². The van der Waals surface area contributed by atoms with Gasteiger partial charge in [-0.25, -0.2) is 4.39 Å². The molecule has 1 N–H and O–H groups in total. The van der Waals surface area contributed by atoms with Crippen LogP contribution in [0.3, 0.4) is 0 Å². The van der Waals surface area contributed by atoms with Gasteiger partial charge in [-0.15, -0.1) is 0 Å². The largest absolute Gasteiger partial charge is 0.379 e. The number of anilines is 1. The maximum absolute atomic E-state index is 13.0. The molecule has 4 heteroatoms. The van der Waals surface area contributed by atoms with Crippen LogP contribution in [0.2, 0.25) is 0 Å². The summed E-state index contributed by atoms with van der Waals surface area (Å²) in [6.07, 6.45) is 2.87. The first-order valence-corrected chi connectivity index (χ1v) is 6.21. The molecule has 2 rings (SSSR count). The van der Waals surface area contributed by atoms with Crippen molar-refractivity contribution >= 4 is 5.69 Å². The number of hydrogen-bond donors (Lipinski definition) is 1. The van der Waals surface area contributed by atoms with E-state index in [1.165, 1.54) is 12.1 Å². The summed E-state index contributed by atoms with van der Waals surface area (Å²) in [6, 6.07) is 6.77. The second kappa shape index (κ2) is 5.67. The zero-order chi connectivity index (χ0) is 13.0. The van der Waals surface area contributed by atoms with Crippen molar-refractivity contribution in [2.75, 3.05) is 5.32 Å². The number of nitrogens with zero attached hydrogens (tertiary/aromatic N) is 2. The van der Waals surface area contributed by atoms with Gasteiger partial charge in [0.1, 0.15) is 5.82 Å². The zero-order valence-electron chi connectivity index (χ0n) is 10.8. The van der Waals surface area contributed by atoms with Gasteiger partial charge >= 0.3 is 0 Å². The number of aromatic nitrogens is 2. The van der Waals surface area contributed by atoms with E-state index in [1.54, 1.807) is 6.07 Å². The highest BCUT2D eigenvalue weighted by Crippen LogP contribution is 2.16.